The largest absolute Gasteiger partial charge is 0.337 e. The third kappa shape index (κ3) is 7.63. The second-order valence-electron chi connectivity index (χ2n) is 13.6. The number of aryl methyl sites for hydroxylation is 3. The second-order valence-corrected chi connectivity index (χ2v) is 15.0. The first-order valence-electron chi connectivity index (χ1n) is 16.3. The molecule has 0 bridgehead atoms. The fraction of sp³-hybridized carbons (Fsp3) is 0.405. The number of halogens is 2. The molecule has 0 spiro atoms. The van der Waals surface area contributed by atoms with Crippen molar-refractivity contribution >= 4 is 39.3 Å². The Labute approximate surface area is 290 Å². The van der Waals surface area contributed by atoms with Gasteiger partial charge < -0.3 is 14.4 Å². The number of piperazine rings is 1. The number of hydrogen-bond acceptors (Lipinski definition) is 5. The molecule has 0 N–H and O–H groups in total. The van der Waals surface area contributed by atoms with Crippen LogP contribution in [0.2, 0.25) is 5.02 Å². The van der Waals surface area contributed by atoms with E-state index < -0.39 is 11.5 Å². The molecule has 1 aliphatic carbocycles. The summed E-state index contributed by atoms with van der Waals surface area (Å²) in [6, 6.07) is 17.6. The van der Waals surface area contributed by atoms with Crippen LogP contribution in [0.5, 0.6) is 0 Å². The molecule has 246 valence electrons. The summed E-state index contributed by atoms with van der Waals surface area (Å²) < 4.78 is 2.97. The molecule has 2 aromatic carbocycles. The van der Waals surface area contributed by atoms with Crippen molar-refractivity contribution < 1.29 is 9.59 Å². The Morgan fingerprint density at radius 2 is 1.83 bits per heavy atom. The van der Waals surface area contributed by atoms with Gasteiger partial charge in [0.2, 0.25) is 11.8 Å². The Kier molecular flexibility index (Phi) is 10.2. The van der Waals surface area contributed by atoms with Crippen molar-refractivity contribution in [2.75, 3.05) is 26.2 Å². The van der Waals surface area contributed by atoms with E-state index in [0.717, 1.165) is 47.1 Å². The third-order valence-electron chi connectivity index (χ3n) is 9.19. The zero-order chi connectivity index (χ0) is 33.1. The van der Waals surface area contributed by atoms with Crippen LogP contribution >= 0.6 is 27.5 Å². The van der Waals surface area contributed by atoms with E-state index >= 15 is 0 Å². The number of nitrogens with zero attached hydrogens (tertiary/aromatic N) is 6. The lowest BCUT2D eigenvalue weighted by Crippen LogP contribution is -2.63. The minimum absolute atomic E-state index is 0.0101. The van der Waals surface area contributed by atoms with Crippen molar-refractivity contribution in [3.05, 3.63) is 117 Å². The molecule has 2 aromatic heterocycles. The highest BCUT2D eigenvalue weighted by atomic mass is 79.9. The minimum atomic E-state index is -0.648. The molecule has 47 heavy (non-hydrogen) atoms. The van der Waals surface area contributed by atoms with E-state index in [2.05, 4.69) is 56.1 Å². The molecule has 0 radical (unpaired) electrons. The van der Waals surface area contributed by atoms with Crippen molar-refractivity contribution in [3.8, 4) is 0 Å². The van der Waals surface area contributed by atoms with Gasteiger partial charge in [0, 0.05) is 72.8 Å². The number of hydrogen-bond donors (Lipinski definition) is 0. The third-order valence-corrected chi connectivity index (χ3v) is 9.86. The van der Waals surface area contributed by atoms with Gasteiger partial charge in [0.05, 0.1) is 18.1 Å². The van der Waals surface area contributed by atoms with Gasteiger partial charge in [-0.2, -0.15) is 0 Å². The van der Waals surface area contributed by atoms with Crippen molar-refractivity contribution in [2.45, 2.75) is 65.2 Å². The molecular formula is C37H42BrClN6O2. The molecule has 0 saturated carbocycles. The fourth-order valence-corrected chi connectivity index (χ4v) is 7.42. The van der Waals surface area contributed by atoms with Gasteiger partial charge in [-0.05, 0) is 75.6 Å². The van der Waals surface area contributed by atoms with Gasteiger partial charge in [-0.15, -0.1) is 0 Å². The molecule has 6 rings (SSSR count). The maximum atomic E-state index is 14.9. The number of benzene rings is 2. The summed E-state index contributed by atoms with van der Waals surface area (Å²) in [7, 11) is 0. The average molecular weight is 718 g/mol. The number of aromatic nitrogens is 3. The molecule has 1 saturated heterocycles. The van der Waals surface area contributed by atoms with Crippen LogP contribution in [-0.2, 0) is 35.5 Å². The highest BCUT2D eigenvalue weighted by molar-refractivity contribution is 9.10. The van der Waals surface area contributed by atoms with Gasteiger partial charge in [0.25, 0.3) is 0 Å². The van der Waals surface area contributed by atoms with Gasteiger partial charge in [-0.1, -0.05) is 68.8 Å². The number of amides is 2. The Balaban J connectivity index is 1.36. The summed E-state index contributed by atoms with van der Waals surface area (Å²) in [5.41, 5.74) is 4.96. The van der Waals surface area contributed by atoms with Crippen LogP contribution in [-0.4, -0.2) is 73.3 Å². The van der Waals surface area contributed by atoms with Crippen LogP contribution in [0.3, 0.4) is 0 Å². The van der Waals surface area contributed by atoms with Gasteiger partial charge in [-0.25, -0.2) is 4.98 Å². The molecule has 2 atom stereocenters. The Hall–Kier alpha value is -3.53. The maximum Gasteiger partial charge on any atom is 0.247 e. The topological polar surface area (TPSA) is 74.6 Å². The standard InChI is InChI=1S/C37H42BrClN6O2/c1-37(2,3)36(47)45-19-18-43(34-31-13-12-30(39)21-27(31)10-11-28-20-29(38)22-41-33(28)34)24-32(45)35(46)44(23-26-8-5-4-6-9-26)16-7-15-42-17-14-40-25-42/h4-6,8-9,12-14,17,20-22,25,32,34H,7,10-11,15-16,18-19,23-24H2,1-3H3/t32-,34-/m1/s1. The molecule has 0 unspecified atom stereocenters. The first-order chi connectivity index (χ1) is 22.6. The minimum Gasteiger partial charge on any atom is -0.337 e. The molecule has 4 aromatic rings. The zero-order valence-corrected chi connectivity index (χ0v) is 29.6. The molecule has 2 amide bonds. The summed E-state index contributed by atoms with van der Waals surface area (Å²) in [5.74, 6) is -0.0418. The van der Waals surface area contributed by atoms with E-state index in [-0.39, 0.29) is 17.9 Å². The van der Waals surface area contributed by atoms with E-state index in [1.807, 2.05) is 71.8 Å². The SMILES string of the molecule is CC(C)(C)C(=O)N1CCN([C@@H]2c3ccc(Cl)cc3CCc3cc(Br)cnc32)C[C@@H]1C(=O)N(CCCn1ccnc1)Cc1ccccc1. The summed E-state index contributed by atoms with van der Waals surface area (Å²) in [6.07, 6.45) is 9.83. The number of fused-ring (bicyclic) bond motifs is 2. The monoisotopic (exact) mass is 716 g/mol. The van der Waals surface area contributed by atoms with Gasteiger partial charge in [0.15, 0.2) is 0 Å². The van der Waals surface area contributed by atoms with Crippen LogP contribution in [0.1, 0.15) is 61.2 Å². The molecule has 10 heteroatoms. The van der Waals surface area contributed by atoms with Crippen molar-refractivity contribution in [1.82, 2.24) is 29.2 Å². The summed E-state index contributed by atoms with van der Waals surface area (Å²) in [5, 5.41) is 0.712. The van der Waals surface area contributed by atoms with E-state index in [1.165, 1.54) is 11.1 Å². The predicted octanol–water partition coefficient (Wildman–Crippen LogP) is 6.56. The quantitative estimate of drug-likeness (QED) is 0.207. The summed E-state index contributed by atoms with van der Waals surface area (Å²) in [4.78, 5) is 44.1. The van der Waals surface area contributed by atoms with Crippen molar-refractivity contribution in [2.24, 2.45) is 5.41 Å². The Bertz CT molecular complexity index is 1650. The van der Waals surface area contributed by atoms with Crippen molar-refractivity contribution in [1.29, 1.82) is 0 Å². The van der Waals surface area contributed by atoms with Crippen LogP contribution in [0.15, 0.2) is 84.0 Å². The summed E-state index contributed by atoms with van der Waals surface area (Å²) in [6.45, 7) is 9.04. The zero-order valence-electron chi connectivity index (χ0n) is 27.3. The van der Waals surface area contributed by atoms with E-state index in [0.29, 0.717) is 37.7 Å². The molecule has 1 fully saturated rings. The number of rotatable bonds is 8. The predicted molar refractivity (Wildman–Crippen MR) is 188 cm³/mol. The van der Waals surface area contributed by atoms with E-state index in [1.54, 1.807) is 12.5 Å². The van der Waals surface area contributed by atoms with Crippen LogP contribution < -0.4 is 0 Å². The molecule has 8 nitrogen and oxygen atoms in total. The van der Waals surface area contributed by atoms with Crippen LogP contribution in [0.25, 0.3) is 0 Å². The van der Waals surface area contributed by atoms with Crippen molar-refractivity contribution in [3.63, 3.8) is 0 Å². The number of imidazole rings is 1. The first kappa shape index (κ1) is 33.4. The molecule has 2 aliphatic rings. The normalized spacial score (nSPS) is 18.3. The summed E-state index contributed by atoms with van der Waals surface area (Å²) >= 11 is 10.1. The van der Waals surface area contributed by atoms with Gasteiger partial charge in [0.1, 0.15) is 6.04 Å². The number of carbonyl (C=O) groups excluding carboxylic acids is 2. The van der Waals surface area contributed by atoms with Crippen LogP contribution in [0, 0.1) is 5.41 Å². The lowest BCUT2D eigenvalue weighted by Gasteiger charge is -2.46. The fourth-order valence-electron chi connectivity index (χ4n) is 6.85. The van der Waals surface area contributed by atoms with Gasteiger partial charge in [-0.3, -0.25) is 19.5 Å². The lowest BCUT2D eigenvalue weighted by molar-refractivity contribution is -0.155. The molecule has 1 aliphatic heterocycles. The first-order valence-corrected chi connectivity index (χ1v) is 17.5. The van der Waals surface area contributed by atoms with Crippen LogP contribution in [0.4, 0.5) is 0 Å². The number of pyridine rings is 1. The van der Waals surface area contributed by atoms with E-state index in [9.17, 15) is 9.59 Å². The smallest absolute Gasteiger partial charge is 0.247 e. The van der Waals surface area contributed by atoms with E-state index in [4.69, 9.17) is 16.6 Å². The molecular weight excluding hydrogens is 676 g/mol. The Morgan fingerprint density at radius 1 is 1.04 bits per heavy atom. The Morgan fingerprint density at radius 3 is 2.57 bits per heavy atom. The lowest BCUT2D eigenvalue weighted by atomic mass is 9.91. The number of carbonyl (C=O) groups is 2. The van der Waals surface area contributed by atoms with Gasteiger partial charge >= 0.3 is 0 Å². The second kappa shape index (κ2) is 14.3. The average Bonchev–Trinajstić information content (AvgIpc) is 3.52. The maximum absolute atomic E-state index is 14.9. The highest BCUT2D eigenvalue weighted by Crippen LogP contribution is 2.39. The highest BCUT2D eigenvalue weighted by Gasteiger charge is 2.43. The molecule has 3 heterocycles.